The van der Waals surface area contributed by atoms with E-state index in [0.717, 1.165) is 60.6 Å². The van der Waals surface area contributed by atoms with E-state index in [1.807, 2.05) is 18.2 Å². The van der Waals surface area contributed by atoms with Crippen LogP contribution in [0.15, 0.2) is 164 Å². The Bertz CT molecular complexity index is 3560. The first-order valence-corrected chi connectivity index (χ1v) is 39.0. The minimum absolute atomic E-state index is 0. The third kappa shape index (κ3) is 19.1. The Morgan fingerprint density at radius 3 is 0.970 bits per heavy atom. The average molecular weight is 1360 g/mol. The highest BCUT2D eigenvalue weighted by Crippen LogP contribution is 2.51. The highest BCUT2D eigenvalue weighted by atomic mass is 16.5. The molecule has 4 saturated heterocycles. The molecular weight excluding hydrogens is 1230 g/mol. The molecule has 12 atom stereocenters. The lowest BCUT2D eigenvalue weighted by atomic mass is 9.78. The van der Waals surface area contributed by atoms with Crippen LogP contribution in [0.25, 0.3) is 0 Å². The summed E-state index contributed by atoms with van der Waals surface area (Å²) in [6.45, 7) is 12.7. The van der Waals surface area contributed by atoms with Crippen LogP contribution in [0.3, 0.4) is 0 Å². The Hall–Kier alpha value is -7.22. The van der Waals surface area contributed by atoms with Gasteiger partial charge in [-0.15, -0.1) is 0 Å². The molecule has 0 aromatic heterocycles. The fourth-order valence-corrected chi connectivity index (χ4v) is 17.0. The molecule has 7 aromatic rings. The van der Waals surface area contributed by atoms with Gasteiger partial charge in [-0.25, -0.2) is 0 Å². The molecule has 8 heterocycles. The third-order valence-electron chi connectivity index (χ3n) is 22.3. The van der Waals surface area contributed by atoms with Crippen molar-refractivity contribution in [1.29, 1.82) is 0 Å². The number of fused-ring (bicyclic) bond motifs is 12. The van der Waals surface area contributed by atoms with Crippen LogP contribution in [0, 0.1) is 23.7 Å². The van der Waals surface area contributed by atoms with Gasteiger partial charge in [-0.05, 0) is 173 Å². The SMILES string of the molecule is C.CCCCCC1Nc2ccc(N(C)C)cc2C2OCCC12.CCCCCC1Nc2ccc(Nc3ccccc3)cc2C2OCCC12.CCCCCC1Nc2ccc(Nc3ccccc3)cc2C2OCCCC12.CCCCCCC1Nc2ccc(Nc3ccccc3)cc2C2OCCCC12. The topological polar surface area (TPSA) is 124 Å². The number of hydrogen-bond acceptors (Lipinski definition) is 12. The first-order chi connectivity index (χ1) is 48.7. The zero-order valence-electron chi connectivity index (χ0n) is 60.7. The molecule has 12 unspecified atom stereocenters. The van der Waals surface area contributed by atoms with Crippen molar-refractivity contribution in [2.45, 2.75) is 231 Å². The summed E-state index contributed by atoms with van der Waals surface area (Å²) in [4.78, 5) is 2.16. The number of anilines is 11. The number of unbranched alkanes of at least 4 members (excludes halogenated alkanes) is 9. The minimum Gasteiger partial charge on any atom is -0.382 e. The lowest BCUT2D eigenvalue weighted by Gasteiger charge is -2.43. The summed E-state index contributed by atoms with van der Waals surface area (Å²) < 4.78 is 24.8. The molecule has 0 spiro atoms. The van der Waals surface area contributed by atoms with E-state index in [1.165, 1.54) is 198 Å². The zero-order valence-corrected chi connectivity index (χ0v) is 60.7. The predicted molar refractivity (Wildman–Crippen MR) is 423 cm³/mol. The summed E-state index contributed by atoms with van der Waals surface area (Å²) >= 11 is 0. The molecule has 0 radical (unpaired) electrons. The van der Waals surface area contributed by atoms with E-state index in [4.69, 9.17) is 18.9 Å². The normalized spacial score (nSPS) is 24.5. The summed E-state index contributed by atoms with van der Waals surface area (Å²) in [5.74, 6) is 2.45. The third-order valence-corrected chi connectivity index (χ3v) is 22.3. The molecule has 8 aliphatic rings. The monoisotopic (exact) mass is 1350 g/mol. The number of ether oxygens (including phenoxy) is 4. The number of hydrogen-bond donors (Lipinski definition) is 7. The number of nitrogens with one attached hydrogen (secondary N) is 7. The molecule has 12 nitrogen and oxygen atoms in total. The van der Waals surface area contributed by atoms with Crippen molar-refractivity contribution in [3.05, 3.63) is 186 Å². The molecule has 0 aliphatic carbocycles. The van der Waals surface area contributed by atoms with E-state index in [-0.39, 0.29) is 25.7 Å². The lowest BCUT2D eigenvalue weighted by molar-refractivity contribution is -0.0387. The molecule has 538 valence electrons. The van der Waals surface area contributed by atoms with Gasteiger partial charge in [-0.2, -0.15) is 0 Å². The number of nitrogens with zero attached hydrogens (tertiary/aromatic N) is 1. The summed E-state index contributed by atoms with van der Waals surface area (Å²) in [7, 11) is 4.19. The first-order valence-electron chi connectivity index (χ1n) is 39.0. The van der Waals surface area contributed by atoms with Crippen molar-refractivity contribution < 1.29 is 18.9 Å². The van der Waals surface area contributed by atoms with Crippen LogP contribution < -0.4 is 42.1 Å². The quantitative estimate of drug-likeness (QED) is 0.0292. The van der Waals surface area contributed by atoms with Crippen LogP contribution in [0.1, 0.15) is 229 Å². The van der Waals surface area contributed by atoms with E-state index in [2.05, 4.69) is 230 Å². The van der Waals surface area contributed by atoms with Crippen LogP contribution in [-0.2, 0) is 18.9 Å². The van der Waals surface area contributed by atoms with Gasteiger partial charge >= 0.3 is 0 Å². The van der Waals surface area contributed by atoms with Crippen molar-refractivity contribution in [2.24, 2.45) is 23.7 Å². The van der Waals surface area contributed by atoms with Gasteiger partial charge < -0.3 is 61.1 Å². The molecule has 0 saturated carbocycles. The number of para-hydroxylation sites is 3. The Balaban J connectivity index is 0.000000135. The largest absolute Gasteiger partial charge is 0.382 e. The second-order valence-electron chi connectivity index (χ2n) is 29.6. The molecule has 12 heteroatoms. The molecule has 7 N–H and O–H groups in total. The summed E-state index contributed by atoms with van der Waals surface area (Å²) in [6.07, 6.45) is 30.4. The van der Waals surface area contributed by atoms with E-state index in [9.17, 15) is 0 Å². The molecule has 4 fully saturated rings. The Kier molecular flexibility index (Phi) is 27.8. The van der Waals surface area contributed by atoms with Crippen molar-refractivity contribution in [2.75, 3.05) is 82.6 Å². The van der Waals surface area contributed by atoms with E-state index in [1.54, 1.807) is 0 Å². The first kappa shape index (κ1) is 74.0. The van der Waals surface area contributed by atoms with Gasteiger partial charge in [0.1, 0.15) is 0 Å². The van der Waals surface area contributed by atoms with Crippen molar-refractivity contribution in [3.63, 3.8) is 0 Å². The summed E-state index contributed by atoms with van der Waals surface area (Å²) in [6, 6.07) is 60.0. The lowest BCUT2D eigenvalue weighted by Crippen LogP contribution is -2.41. The van der Waals surface area contributed by atoms with Gasteiger partial charge in [0.25, 0.3) is 0 Å². The summed E-state index contributed by atoms with van der Waals surface area (Å²) in [5.41, 5.74) is 18.4. The van der Waals surface area contributed by atoms with Gasteiger partial charge in [-0.1, -0.05) is 173 Å². The maximum atomic E-state index is 6.30. The molecular formula is C88H122N8O4. The van der Waals surface area contributed by atoms with Crippen LogP contribution in [-0.4, -0.2) is 64.7 Å². The fraction of sp³-hybridized carbons (Fsp3) is 0.523. The smallest absolute Gasteiger partial charge is 0.0894 e. The molecule has 0 bridgehead atoms. The molecule has 100 heavy (non-hydrogen) atoms. The van der Waals surface area contributed by atoms with Crippen LogP contribution >= 0.6 is 0 Å². The second kappa shape index (κ2) is 37.6. The Morgan fingerprint density at radius 1 is 0.330 bits per heavy atom. The van der Waals surface area contributed by atoms with E-state index >= 15 is 0 Å². The molecule has 7 aromatic carbocycles. The molecule has 15 rings (SSSR count). The highest BCUT2D eigenvalue weighted by molar-refractivity contribution is 5.70. The van der Waals surface area contributed by atoms with Gasteiger partial charge in [0, 0.05) is 173 Å². The maximum Gasteiger partial charge on any atom is 0.0894 e. The predicted octanol–water partition coefficient (Wildman–Crippen LogP) is 23.7. The van der Waals surface area contributed by atoms with Gasteiger partial charge in [0.15, 0.2) is 0 Å². The standard InChI is InChI=1S/C24H32N2O.C23H30N2O.C22H28N2O.C18H28N2O.CH4/c1-2-3-4-8-13-22-20-12-9-16-27-24(20)21-17-19(14-15-23(21)26-22)25-18-10-6-5-7-11-18;1-2-3-5-12-21-19-11-8-15-26-23(19)20-16-18(13-14-22(20)25-21)24-17-9-6-4-7-10-17;1-2-3-5-10-20-18-13-14-25-22(18)19-15-17(11-12-21(19)24-20)23-16-8-6-4-7-9-16;1-4-5-6-7-16-14-10-11-21-18(14)15-12-13(20(2)3)8-9-17(15)19-16;/h5-7,10-11,14-15,17,20,22,24-26H,2-4,8-9,12-13,16H2,1H3;4,6-7,9-10,13-14,16,19,21,23-25H,2-3,5,8,11-12,15H2,1H3;4,6-9,11-12,15,18,20,22-24H,2-3,5,10,13-14H2,1H3;8-9,12,14,16,18-19H,4-7,10-11H2,1-3H3;1H4. The van der Waals surface area contributed by atoms with Gasteiger partial charge in [-0.3, -0.25) is 0 Å². The number of rotatable bonds is 24. The maximum absolute atomic E-state index is 6.30. The fourth-order valence-electron chi connectivity index (χ4n) is 17.0. The Morgan fingerprint density at radius 2 is 0.630 bits per heavy atom. The molecule has 0 amide bonds. The number of benzene rings is 7. The van der Waals surface area contributed by atoms with E-state index in [0.29, 0.717) is 53.9 Å². The van der Waals surface area contributed by atoms with Crippen molar-refractivity contribution in [1.82, 2.24) is 0 Å². The average Bonchev–Trinajstić information content (AvgIpc) is 1.40. The minimum atomic E-state index is 0. The second-order valence-corrected chi connectivity index (χ2v) is 29.6. The van der Waals surface area contributed by atoms with Gasteiger partial charge in [0.05, 0.1) is 24.4 Å². The van der Waals surface area contributed by atoms with E-state index < -0.39 is 0 Å². The van der Waals surface area contributed by atoms with Gasteiger partial charge in [0.2, 0.25) is 0 Å². The van der Waals surface area contributed by atoms with Crippen LogP contribution in [0.5, 0.6) is 0 Å². The van der Waals surface area contributed by atoms with Crippen molar-refractivity contribution >= 4 is 62.6 Å². The van der Waals surface area contributed by atoms with Crippen LogP contribution in [0.4, 0.5) is 62.6 Å². The zero-order chi connectivity index (χ0) is 68.1. The highest BCUT2D eigenvalue weighted by Gasteiger charge is 2.44. The van der Waals surface area contributed by atoms with Crippen LogP contribution in [0.2, 0.25) is 0 Å². The molecule has 8 aliphatic heterocycles. The van der Waals surface area contributed by atoms with Crippen molar-refractivity contribution in [3.8, 4) is 0 Å². The summed E-state index contributed by atoms with van der Waals surface area (Å²) in [5, 5.41) is 25.8. The Labute approximate surface area is 602 Å².